The van der Waals surface area contributed by atoms with Gasteiger partial charge in [0.15, 0.2) is 5.75 Å². The van der Waals surface area contributed by atoms with Crippen LogP contribution in [0.25, 0.3) is 0 Å². The fourth-order valence-electron chi connectivity index (χ4n) is 1.72. The SMILES string of the molecule is COc1c(Br)cc(Cl)cc1NC(=O)c1cc(Br)ccc1F. The van der Waals surface area contributed by atoms with E-state index >= 15 is 0 Å². The summed E-state index contributed by atoms with van der Waals surface area (Å²) in [6.45, 7) is 0. The summed E-state index contributed by atoms with van der Waals surface area (Å²) in [4.78, 5) is 12.2. The minimum absolute atomic E-state index is 0.0810. The average Bonchev–Trinajstić information content (AvgIpc) is 2.41. The van der Waals surface area contributed by atoms with Crippen LogP contribution in [-0.4, -0.2) is 13.0 Å². The molecule has 3 nitrogen and oxygen atoms in total. The van der Waals surface area contributed by atoms with Crippen molar-refractivity contribution in [3.05, 3.63) is 55.7 Å². The second kappa shape index (κ2) is 6.77. The molecule has 0 spiro atoms. The van der Waals surface area contributed by atoms with E-state index < -0.39 is 11.7 Å². The standard InChI is InChI=1S/C14H9Br2ClFNO2/c1-21-13-10(16)5-8(17)6-12(13)19-14(20)9-4-7(15)2-3-11(9)18/h2-6H,1H3,(H,19,20). The number of hydrogen-bond acceptors (Lipinski definition) is 2. The van der Waals surface area contributed by atoms with E-state index in [1.54, 1.807) is 6.07 Å². The van der Waals surface area contributed by atoms with Crippen LogP contribution in [0, 0.1) is 5.82 Å². The number of hydrogen-bond donors (Lipinski definition) is 1. The topological polar surface area (TPSA) is 38.3 Å². The van der Waals surface area contributed by atoms with Gasteiger partial charge in [-0.05, 0) is 46.3 Å². The van der Waals surface area contributed by atoms with E-state index in [1.807, 2.05) is 0 Å². The Morgan fingerprint density at radius 1 is 1.29 bits per heavy atom. The van der Waals surface area contributed by atoms with Gasteiger partial charge in [-0.3, -0.25) is 4.79 Å². The lowest BCUT2D eigenvalue weighted by molar-refractivity contribution is 0.102. The van der Waals surface area contributed by atoms with Gasteiger partial charge < -0.3 is 10.1 Å². The predicted octanol–water partition coefficient (Wildman–Crippen LogP) is 5.27. The lowest BCUT2D eigenvalue weighted by Crippen LogP contribution is -2.14. The number of nitrogens with one attached hydrogen (secondary N) is 1. The summed E-state index contributed by atoms with van der Waals surface area (Å²) < 4.78 is 20.1. The van der Waals surface area contributed by atoms with Crippen LogP contribution in [0.3, 0.4) is 0 Å². The predicted molar refractivity (Wildman–Crippen MR) is 87.8 cm³/mol. The van der Waals surface area contributed by atoms with E-state index in [4.69, 9.17) is 16.3 Å². The molecule has 1 amide bonds. The van der Waals surface area contributed by atoms with Crippen LogP contribution >= 0.6 is 43.5 Å². The number of ether oxygens (including phenoxy) is 1. The van der Waals surface area contributed by atoms with E-state index in [2.05, 4.69) is 37.2 Å². The lowest BCUT2D eigenvalue weighted by atomic mass is 10.2. The number of methoxy groups -OCH3 is 1. The summed E-state index contributed by atoms with van der Waals surface area (Å²) in [6.07, 6.45) is 0. The zero-order valence-electron chi connectivity index (χ0n) is 10.7. The summed E-state index contributed by atoms with van der Waals surface area (Å²) >= 11 is 12.4. The molecular formula is C14H9Br2ClFNO2. The molecule has 1 N–H and O–H groups in total. The van der Waals surface area contributed by atoms with Gasteiger partial charge in [-0.15, -0.1) is 0 Å². The van der Waals surface area contributed by atoms with Crippen molar-refractivity contribution in [3.8, 4) is 5.75 Å². The molecule has 0 atom stereocenters. The third-order valence-corrected chi connectivity index (χ3v) is 3.93. The number of halogens is 4. The molecule has 0 aliphatic heterocycles. The van der Waals surface area contributed by atoms with Crippen LogP contribution in [0.4, 0.5) is 10.1 Å². The van der Waals surface area contributed by atoms with Crippen molar-refractivity contribution in [2.24, 2.45) is 0 Å². The minimum atomic E-state index is -0.615. The first kappa shape index (κ1) is 16.3. The van der Waals surface area contributed by atoms with Gasteiger partial charge in [-0.25, -0.2) is 4.39 Å². The minimum Gasteiger partial charge on any atom is -0.493 e. The molecule has 0 bridgehead atoms. The summed E-state index contributed by atoms with van der Waals surface area (Å²) in [5.74, 6) is -0.805. The fraction of sp³-hybridized carbons (Fsp3) is 0.0714. The highest BCUT2D eigenvalue weighted by atomic mass is 79.9. The quantitative estimate of drug-likeness (QED) is 0.711. The molecule has 0 aromatic heterocycles. The van der Waals surface area contributed by atoms with Gasteiger partial charge in [-0.1, -0.05) is 27.5 Å². The number of anilines is 1. The van der Waals surface area contributed by atoms with Gasteiger partial charge in [0.05, 0.1) is 22.8 Å². The summed E-state index contributed by atoms with van der Waals surface area (Å²) in [6, 6.07) is 7.29. The normalized spacial score (nSPS) is 10.3. The number of carbonyl (C=O) groups is 1. The van der Waals surface area contributed by atoms with Crippen molar-refractivity contribution in [2.75, 3.05) is 12.4 Å². The molecule has 0 saturated heterocycles. The Bertz CT molecular complexity index is 710. The molecule has 0 radical (unpaired) electrons. The second-order valence-electron chi connectivity index (χ2n) is 4.05. The van der Waals surface area contributed by atoms with E-state index in [0.29, 0.717) is 25.4 Å². The average molecular weight is 437 g/mol. The molecule has 0 fully saturated rings. The van der Waals surface area contributed by atoms with Gasteiger partial charge in [0.2, 0.25) is 0 Å². The first-order valence-electron chi connectivity index (χ1n) is 5.72. The van der Waals surface area contributed by atoms with Crippen molar-refractivity contribution in [3.63, 3.8) is 0 Å². The molecular weight excluding hydrogens is 428 g/mol. The highest BCUT2D eigenvalue weighted by molar-refractivity contribution is 9.10. The smallest absolute Gasteiger partial charge is 0.258 e. The largest absolute Gasteiger partial charge is 0.493 e. The van der Waals surface area contributed by atoms with E-state index in [-0.39, 0.29) is 5.56 Å². The summed E-state index contributed by atoms with van der Waals surface area (Å²) in [5, 5.41) is 3.00. The molecule has 2 rings (SSSR count). The van der Waals surface area contributed by atoms with Crippen LogP contribution in [0.1, 0.15) is 10.4 Å². The van der Waals surface area contributed by atoms with E-state index in [1.165, 1.54) is 31.4 Å². The molecule has 7 heteroatoms. The Morgan fingerprint density at radius 3 is 2.67 bits per heavy atom. The Morgan fingerprint density at radius 2 is 2.00 bits per heavy atom. The zero-order chi connectivity index (χ0) is 15.6. The molecule has 0 saturated carbocycles. The van der Waals surface area contributed by atoms with Crippen molar-refractivity contribution in [1.82, 2.24) is 0 Å². The van der Waals surface area contributed by atoms with Crippen LogP contribution < -0.4 is 10.1 Å². The van der Waals surface area contributed by atoms with Gasteiger partial charge in [0, 0.05) is 9.50 Å². The van der Waals surface area contributed by atoms with Gasteiger partial charge in [0.25, 0.3) is 5.91 Å². The van der Waals surface area contributed by atoms with Crippen molar-refractivity contribution < 1.29 is 13.9 Å². The highest BCUT2D eigenvalue weighted by Gasteiger charge is 2.16. The van der Waals surface area contributed by atoms with Gasteiger partial charge >= 0.3 is 0 Å². The molecule has 0 aliphatic rings. The maximum atomic E-state index is 13.7. The third kappa shape index (κ3) is 3.75. The van der Waals surface area contributed by atoms with Gasteiger partial charge in [0.1, 0.15) is 5.82 Å². The Kier molecular flexibility index (Phi) is 5.24. The molecule has 2 aromatic rings. The van der Waals surface area contributed by atoms with E-state index in [9.17, 15) is 9.18 Å². The van der Waals surface area contributed by atoms with E-state index in [0.717, 1.165) is 0 Å². The fourth-order valence-corrected chi connectivity index (χ4v) is 3.05. The first-order valence-corrected chi connectivity index (χ1v) is 7.68. The Balaban J connectivity index is 2.38. The molecule has 2 aromatic carbocycles. The summed E-state index contributed by atoms with van der Waals surface area (Å²) in [5.41, 5.74) is 0.267. The molecule has 21 heavy (non-hydrogen) atoms. The van der Waals surface area contributed by atoms with Crippen LogP contribution in [0.5, 0.6) is 5.75 Å². The molecule has 0 aliphatic carbocycles. The number of rotatable bonds is 3. The van der Waals surface area contributed by atoms with Crippen molar-refractivity contribution in [1.29, 1.82) is 0 Å². The zero-order valence-corrected chi connectivity index (χ0v) is 14.6. The maximum Gasteiger partial charge on any atom is 0.258 e. The molecule has 110 valence electrons. The van der Waals surface area contributed by atoms with Crippen LogP contribution in [0.15, 0.2) is 39.3 Å². The van der Waals surface area contributed by atoms with Crippen molar-refractivity contribution >= 4 is 55.1 Å². The lowest BCUT2D eigenvalue weighted by Gasteiger charge is -2.13. The second-order valence-corrected chi connectivity index (χ2v) is 6.25. The third-order valence-electron chi connectivity index (χ3n) is 2.63. The number of carbonyl (C=O) groups excluding carboxylic acids is 1. The number of benzene rings is 2. The Labute approximate surface area is 142 Å². The van der Waals surface area contributed by atoms with Crippen LogP contribution in [0.2, 0.25) is 5.02 Å². The monoisotopic (exact) mass is 435 g/mol. The maximum absolute atomic E-state index is 13.7. The summed E-state index contributed by atoms with van der Waals surface area (Å²) in [7, 11) is 1.46. The van der Waals surface area contributed by atoms with Crippen LogP contribution in [-0.2, 0) is 0 Å². The Hall–Kier alpha value is -1.11. The molecule has 0 heterocycles. The highest BCUT2D eigenvalue weighted by Crippen LogP contribution is 2.36. The number of amides is 1. The molecule has 0 unspecified atom stereocenters. The van der Waals surface area contributed by atoms with Crippen molar-refractivity contribution in [2.45, 2.75) is 0 Å². The van der Waals surface area contributed by atoms with Gasteiger partial charge in [-0.2, -0.15) is 0 Å². The first-order chi connectivity index (χ1) is 9.92.